The number of nitroso groups, excluding NO2 is 1. The van der Waals surface area contributed by atoms with Crippen LogP contribution >= 0.6 is 0 Å². The van der Waals surface area contributed by atoms with Crippen LogP contribution in [0.25, 0.3) is 0 Å². The SMILES string of the molecule is C[C@H](NN=O)[C@H](O)c1cccc(O)c1. The molecule has 0 saturated carbocycles. The fraction of sp³-hybridized carbons (Fsp3) is 0.333. The number of phenolic OH excluding ortho intramolecular Hbond substituents is 1. The van der Waals surface area contributed by atoms with E-state index in [1.165, 1.54) is 12.1 Å². The molecule has 0 aliphatic rings. The molecule has 0 aromatic heterocycles. The van der Waals surface area contributed by atoms with Crippen LogP contribution in [0.5, 0.6) is 5.75 Å². The van der Waals surface area contributed by atoms with E-state index in [0.29, 0.717) is 5.56 Å². The Morgan fingerprint density at radius 3 is 2.79 bits per heavy atom. The number of nitrogens with one attached hydrogen (secondary N) is 1. The molecule has 0 spiro atoms. The van der Waals surface area contributed by atoms with E-state index in [4.69, 9.17) is 5.11 Å². The molecule has 5 heteroatoms. The van der Waals surface area contributed by atoms with Gasteiger partial charge in [-0.2, -0.15) is 0 Å². The summed E-state index contributed by atoms with van der Waals surface area (Å²) < 4.78 is 0. The van der Waals surface area contributed by atoms with Gasteiger partial charge in [0.2, 0.25) is 0 Å². The maximum Gasteiger partial charge on any atom is 0.115 e. The third kappa shape index (κ3) is 2.43. The fourth-order valence-electron chi connectivity index (χ4n) is 1.15. The number of benzene rings is 1. The van der Waals surface area contributed by atoms with Gasteiger partial charge in [0.25, 0.3) is 0 Å². The first-order valence-electron chi connectivity index (χ1n) is 4.20. The molecule has 1 rings (SSSR count). The van der Waals surface area contributed by atoms with Crippen molar-refractivity contribution >= 4 is 0 Å². The van der Waals surface area contributed by atoms with Crippen molar-refractivity contribution in [3.8, 4) is 5.75 Å². The van der Waals surface area contributed by atoms with Gasteiger partial charge in [-0.25, -0.2) is 0 Å². The van der Waals surface area contributed by atoms with Gasteiger partial charge in [0.1, 0.15) is 11.9 Å². The fourth-order valence-corrected chi connectivity index (χ4v) is 1.15. The van der Waals surface area contributed by atoms with Crippen molar-refractivity contribution in [3.63, 3.8) is 0 Å². The van der Waals surface area contributed by atoms with Crippen molar-refractivity contribution in [2.45, 2.75) is 19.1 Å². The predicted octanol–water partition coefficient (Wildman–Crippen LogP) is 1.09. The van der Waals surface area contributed by atoms with Crippen LogP contribution < -0.4 is 5.43 Å². The predicted molar refractivity (Wildman–Crippen MR) is 51.5 cm³/mol. The topological polar surface area (TPSA) is 81.9 Å². The zero-order valence-electron chi connectivity index (χ0n) is 7.71. The lowest BCUT2D eigenvalue weighted by Crippen LogP contribution is -2.27. The number of aromatic hydroxyl groups is 1. The number of aliphatic hydroxyl groups is 1. The highest BCUT2D eigenvalue weighted by Crippen LogP contribution is 2.20. The summed E-state index contributed by atoms with van der Waals surface area (Å²) in [5.74, 6) is 0.0767. The number of phenols is 1. The van der Waals surface area contributed by atoms with Crippen LogP contribution in [0.2, 0.25) is 0 Å². The first-order valence-corrected chi connectivity index (χ1v) is 4.20. The summed E-state index contributed by atoms with van der Waals surface area (Å²) in [6, 6.07) is 5.73. The second-order valence-corrected chi connectivity index (χ2v) is 3.05. The third-order valence-corrected chi connectivity index (χ3v) is 1.94. The summed E-state index contributed by atoms with van der Waals surface area (Å²) >= 11 is 0. The number of aliphatic hydroxyl groups excluding tert-OH is 1. The van der Waals surface area contributed by atoms with Gasteiger partial charge in [-0.05, 0) is 24.6 Å². The number of hydrogen-bond acceptors (Lipinski definition) is 4. The minimum atomic E-state index is -0.875. The Balaban J connectivity index is 2.77. The molecule has 3 N–H and O–H groups in total. The number of rotatable bonds is 4. The van der Waals surface area contributed by atoms with E-state index in [1.54, 1.807) is 19.1 Å². The lowest BCUT2D eigenvalue weighted by atomic mass is 10.0. The molecule has 0 radical (unpaired) electrons. The average Bonchev–Trinajstić information content (AvgIpc) is 2.17. The van der Waals surface area contributed by atoms with Crippen LogP contribution in [0.3, 0.4) is 0 Å². The minimum absolute atomic E-state index is 0.0767. The molecule has 1 aromatic carbocycles. The van der Waals surface area contributed by atoms with Crippen molar-refractivity contribution in [2.75, 3.05) is 0 Å². The Morgan fingerprint density at radius 1 is 1.50 bits per heavy atom. The second kappa shape index (κ2) is 4.57. The summed E-state index contributed by atoms with van der Waals surface area (Å²) in [6.45, 7) is 1.62. The van der Waals surface area contributed by atoms with E-state index in [-0.39, 0.29) is 5.75 Å². The summed E-state index contributed by atoms with van der Waals surface area (Å²) in [4.78, 5) is 9.90. The van der Waals surface area contributed by atoms with E-state index in [0.717, 1.165) is 0 Å². The molecule has 0 saturated heterocycles. The zero-order chi connectivity index (χ0) is 10.6. The van der Waals surface area contributed by atoms with Crippen LogP contribution in [0.1, 0.15) is 18.6 Å². The molecule has 2 atom stereocenters. The van der Waals surface area contributed by atoms with Crippen molar-refractivity contribution in [1.29, 1.82) is 0 Å². The van der Waals surface area contributed by atoms with E-state index in [9.17, 15) is 10.0 Å². The van der Waals surface area contributed by atoms with Gasteiger partial charge in [-0.15, -0.1) is 4.91 Å². The van der Waals surface area contributed by atoms with Gasteiger partial charge in [0.05, 0.1) is 6.04 Å². The summed E-state index contributed by atoms with van der Waals surface area (Å²) in [5, 5.41) is 21.3. The highest BCUT2D eigenvalue weighted by Gasteiger charge is 2.16. The molecule has 0 aliphatic carbocycles. The Bertz CT molecular complexity index is 317. The summed E-state index contributed by atoms with van der Waals surface area (Å²) in [7, 11) is 0. The van der Waals surface area contributed by atoms with Crippen LogP contribution in [0, 0.1) is 4.91 Å². The average molecular weight is 196 g/mol. The van der Waals surface area contributed by atoms with Gasteiger partial charge in [0, 0.05) is 5.29 Å². The summed E-state index contributed by atoms with van der Waals surface area (Å²) in [5.41, 5.74) is 2.74. The van der Waals surface area contributed by atoms with Gasteiger partial charge in [-0.1, -0.05) is 12.1 Å². The van der Waals surface area contributed by atoms with E-state index < -0.39 is 12.1 Å². The number of nitrogens with zero attached hydrogens (tertiary/aromatic N) is 1. The van der Waals surface area contributed by atoms with Gasteiger partial charge >= 0.3 is 0 Å². The standard InChI is InChI=1S/C9H12N2O3/c1-6(10-11-14)9(13)7-3-2-4-8(12)5-7/h2-6,9,12-13H,1H3,(H,10,14)/t6-,9-/m0/s1. The highest BCUT2D eigenvalue weighted by atomic mass is 16.3. The Morgan fingerprint density at radius 2 is 2.21 bits per heavy atom. The Hall–Kier alpha value is -1.62. The Kier molecular flexibility index (Phi) is 3.41. The lowest BCUT2D eigenvalue weighted by molar-refractivity contribution is 0.136. The van der Waals surface area contributed by atoms with Gasteiger partial charge in [-0.3, -0.25) is 5.43 Å². The smallest absolute Gasteiger partial charge is 0.115 e. The molecule has 0 heterocycles. The van der Waals surface area contributed by atoms with Crippen molar-refractivity contribution in [1.82, 2.24) is 5.43 Å². The second-order valence-electron chi connectivity index (χ2n) is 3.05. The monoisotopic (exact) mass is 196 g/mol. The molecular weight excluding hydrogens is 184 g/mol. The van der Waals surface area contributed by atoms with E-state index in [2.05, 4.69) is 10.7 Å². The van der Waals surface area contributed by atoms with Gasteiger partial charge in [0.15, 0.2) is 0 Å². The molecule has 0 bridgehead atoms. The van der Waals surface area contributed by atoms with Crippen molar-refractivity contribution in [2.24, 2.45) is 5.29 Å². The largest absolute Gasteiger partial charge is 0.508 e. The molecule has 0 fully saturated rings. The first-order chi connectivity index (χ1) is 6.65. The molecule has 5 nitrogen and oxygen atoms in total. The van der Waals surface area contributed by atoms with Crippen LogP contribution in [-0.2, 0) is 0 Å². The molecular formula is C9H12N2O3. The number of hydrogen-bond donors (Lipinski definition) is 3. The van der Waals surface area contributed by atoms with Crippen molar-refractivity contribution in [3.05, 3.63) is 34.7 Å². The van der Waals surface area contributed by atoms with E-state index >= 15 is 0 Å². The highest BCUT2D eigenvalue weighted by molar-refractivity contribution is 5.29. The maximum absolute atomic E-state index is 9.90. The molecule has 0 unspecified atom stereocenters. The van der Waals surface area contributed by atoms with Gasteiger partial charge < -0.3 is 10.2 Å². The summed E-state index contributed by atoms with van der Waals surface area (Å²) in [6.07, 6.45) is -0.875. The quantitative estimate of drug-likeness (QED) is 0.497. The van der Waals surface area contributed by atoms with Crippen LogP contribution in [0.4, 0.5) is 0 Å². The lowest BCUT2D eigenvalue weighted by Gasteiger charge is -2.17. The molecule has 14 heavy (non-hydrogen) atoms. The first kappa shape index (κ1) is 10.5. The molecule has 76 valence electrons. The van der Waals surface area contributed by atoms with Crippen molar-refractivity contribution < 1.29 is 10.2 Å². The van der Waals surface area contributed by atoms with Crippen LogP contribution in [0.15, 0.2) is 29.6 Å². The molecule has 0 aliphatic heterocycles. The van der Waals surface area contributed by atoms with Crippen LogP contribution in [-0.4, -0.2) is 16.3 Å². The van der Waals surface area contributed by atoms with E-state index in [1.807, 2.05) is 0 Å². The Labute approximate surface area is 81.3 Å². The molecule has 1 aromatic rings. The third-order valence-electron chi connectivity index (χ3n) is 1.94. The maximum atomic E-state index is 9.90. The zero-order valence-corrected chi connectivity index (χ0v) is 7.71. The minimum Gasteiger partial charge on any atom is -0.508 e. The normalized spacial score (nSPS) is 14.4. The molecule has 0 amide bonds.